The van der Waals surface area contributed by atoms with Crippen molar-refractivity contribution < 1.29 is 9.53 Å². The van der Waals surface area contributed by atoms with Crippen LogP contribution < -0.4 is 10.2 Å². The average Bonchev–Trinajstić information content (AvgIpc) is 3.39. The zero-order chi connectivity index (χ0) is 19.6. The number of para-hydroxylation sites is 2. The minimum absolute atomic E-state index is 0.0154. The summed E-state index contributed by atoms with van der Waals surface area (Å²) in [6.45, 7) is 4.54. The molecular formula is C22H27N5O2. The molecule has 2 aliphatic heterocycles. The molecule has 1 aromatic carbocycles. The molecule has 2 saturated heterocycles. The molecule has 0 aliphatic carbocycles. The molecule has 2 amide bonds. The smallest absolute Gasteiger partial charge is 0.317 e. The number of rotatable bonds is 3. The van der Waals surface area contributed by atoms with Crippen LogP contribution in [-0.2, 0) is 4.74 Å². The molecule has 0 bridgehead atoms. The van der Waals surface area contributed by atoms with Crippen LogP contribution in [0.4, 0.5) is 10.6 Å². The number of fused-ring (bicyclic) bond motifs is 3. The molecule has 2 aromatic heterocycles. The normalized spacial score (nSPS) is 20.3. The Morgan fingerprint density at radius 3 is 2.86 bits per heavy atom. The summed E-state index contributed by atoms with van der Waals surface area (Å²) in [5.41, 5.74) is 3.21. The van der Waals surface area contributed by atoms with Gasteiger partial charge in [0.2, 0.25) is 0 Å². The summed E-state index contributed by atoms with van der Waals surface area (Å²) < 4.78 is 7.81. The van der Waals surface area contributed by atoms with Gasteiger partial charge in [0.15, 0.2) is 5.82 Å². The van der Waals surface area contributed by atoms with E-state index in [2.05, 4.69) is 45.1 Å². The van der Waals surface area contributed by atoms with Crippen LogP contribution in [0.1, 0.15) is 19.3 Å². The number of anilines is 1. The van der Waals surface area contributed by atoms with E-state index < -0.39 is 0 Å². The summed E-state index contributed by atoms with van der Waals surface area (Å²) in [5.74, 6) is 0.996. The molecule has 3 aromatic rings. The quantitative estimate of drug-likeness (QED) is 0.743. The summed E-state index contributed by atoms with van der Waals surface area (Å²) in [5, 5.41) is 3.05. The van der Waals surface area contributed by atoms with Crippen molar-refractivity contribution in [2.24, 2.45) is 0 Å². The molecule has 1 atom stereocenters. The Balaban J connectivity index is 1.31. The first kappa shape index (κ1) is 18.2. The van der Waals surface area contributed by atoms with Gasteiger partial charge >= 0.3 is 6.03 Å². The molecule has 0 radical (unpaired) electrons. The number of nitrogens with one attached hydrogen (secondary N) is 1. The van der Waals surface area contributed by atoms with E-state index in [0.717, 1.165) is 67.9 Å². The predicted molar refractivity (Wildman–Crippen MR) is 113 cm³/mol. The number of urea groups is 1. The lowest BCUT2D eigenvalue weighted by atomic mass is 10.2. The number of aromatic nitrogens is 2. The van der Waals surface area contributed by atoms with Gasteiger partial charge in [0.25, 0.3) is 0 Å². The summed E-state index contributed by atoms with van der Waals surface area (Å²) in [7, 11) is 0. The molecule has 7 heteroatoms. The molecule has 7 nitrogen and oxygen atoms in total. The third-order valence-corrected chi connectivity index (χ3v) is 5.93. The zero-order valence-electron chi connectivity index (χ0n) is 16.6. The van der Waals surface area contributed by atoms with Crippen molar-refractivity contribution in [3.63, 3.8) is 0 Å². The lowest BCUT2D eigenvalue weighted by Gasteiger charge is -2.24. The molecule has 4 heterocycles. The van der Waals surface area contributed by atoms with E-state index in [9.17, 15) is 4.79 Å². The van der Waals surface area contributed by atoms with E-state index in [1.54, 1.807) is 0 Å². The maximum atomic E-state index is 12.6. The maximum Gasteiger partial charge on any atom is 0.317 e. The average molecular weight is 393 g/mol. The van der Waals surface area contributed by atoms with Crippen molar-refractivity contribution in [3.8, 4) is 0 Å². The highest BCUT2D eigenvalue weighted by Crippen LogP contribution is 2.26. The largest absolute Gasteiger partial charge is 0.376 e. The Labute approximate surface area is 170 Å². The van der Waals surface area contributed by atoms with E-state index in [1.807, 2.05) is 17.0 Å². The second kappa shape index (κ2) is 7.91. The van der Waals surface area contributed by atoms with E-state index >= 15 is 0 Å². The number of hydrogen-bond donors (Lipinski definition) is 1. The second-order valence-electron chi connectivity index (χ2n) is 7.84. The Morgan fingerprint density at radius 1 is 1.07 bits per heavy atom. The number of ether oxygens (including phenoxy) is 1. The fourth-order valence-electron chi connectivity index (χ4n) is 4.39. The van der Waals surface area contributed by atoms with E-state index in [-0.39, 0.29) is 12.1 Å². The molecule has 5 rings (SSSR count). The zero-order valence-corrected chi connectivity index (χ0v) is 16.6. The van der Waals surface area contributed by atoms with Crippen LogP contribution >= 0.6 is 0 Å². The number of carbonyl (C=O) groups excluding carboxylic acids is 1. The van der Waals surface area contributed by atoms with Gasteiger partial charge in [-0.25, -0.2) is 9.78 Å². The minimum Gasteiger partial charge on any atom is -0.376 e. The first-order valence-electron chi connectivity index (χ1n) is 10.5. The molecule has 1 unspecified atom stereocenters. The van der Waals surface area contributed by atoms with Crippen LogP contribution in [0, 0.1) is 0 Å². The van der Waals surface area contributed by atoms with E-state index in [1.165, 1.54) is 0 Å². The molecule has 0 spiro atoms. The molecule has 29 heavy (non-hydrogen) atoms. The SMILES string of the molecule is O=C(NCC1CCCO1)N1CCCN(c2nc3ccccc3n3cccc23)CC1. The van der Waals surface area contributed by atoms with Gasteiger partial charge in [0.05, 0.1) is 22.7 Å². The maximum absolute atomic E-state index is 12.6. The van der Waals surface area contributed by atoms with Gasteiger partial charge in [-0.1, -0.05) is 12.1 Å². The topological polar surface area (TPSA) is 62.1 Å². The van der Waals surface area contributed by atoms with Gasteiger partial charge in [0.1, 0.15) is 0 Å². The van der Waals surface area contributed by atoms with Crippen LogP contribution in [0.3, 0.4) is 0 Å². The monoisotopic (exact) mass is 393 g/mol. The fraction of sp³-hybridized carbons (Fsp3) is 0.455. The Morgan fingerprint density at radius 2 is 1.97 bits per heavy atom. The van der Waals surface area contributed by atoms with E-state index in [4.69, 9.17) is 9.72 Å². The highest BCUT2D eigenvalue weighted by atomic mass is 16.5. The van der Waals surface area contributed by atoms with Gasteiger partial charge in [-0.05, 0) is 43.5 Å². The van der Waals surface area contributed by atoms with Gasteiger partial charge in [-0.15, -0.1) is 0 Å². The third kappa shape index (κ3) is 3.62. The van der Waals surface area contributed by atoms with Crippen LogP contribution in [-0.4, -0.2) is 65.8 Å². The molecule has 2 fully saturated rings. The Kier molecular flexibility index (Phi) is 4.97. The van der Waals surface area contributed by atoms with Gasteiger partial charge in [-0.3, -0.25) is 0 Å². The summed E-state index contributed by atoms with van der Waals surface area (Å²) in [6, 6.07) is 12.4. The minimum atomic E-state index is 0.0154. The lowest BCUT2D eigenvalue weighted by molar-refractivity contribution is 0.109. The van der Waals surface area contributed by atoms with Crippen molar-refractivity contribution in [2.45, 2.75) is 25.4 Å². The predicted octanol–water partition coefficient (Wildman–Crippen LogP) is 2.89. The van der Waals surface area contributed by atoms with Crippen LogP contribution in [0.2, 0.25) is 0 Å². The van der Waals surface area contributed by atoms with Gasteiger partial charge in [-0.2, -0.15) is 0 Å². The highest BCUT2D eigenvalue weighted by molar-refractivity contribution is 5.85. The molecule has 2 aliphatic rings. The Bertz CT molecular complexity index is 1010. The van der Waals surface area contributed by atoms with Crippen molar-refractivity contribution in [3.05, 3.63) is 42.6 Å². The van der Waals surface area contributed by atoms with Gasteiger partial charge < -0.3 is 24.3 Å². The summed E-state index contributed by atoms with van der Waals surface area (Å²) in [6.07, 6.45) is 5.31. The molecule has 1 N–H and O–H groups in total. The highest BCUT2D eigenvalue weighted by Gasteiger charge is 2.23. The number of amides is 2. The van der Waals surface area contributed by atoms with E-state index in [0.29, 0.717) is 13.1 Å². The van der Waals surface area contributed by atoms with Crippen molar-refractivity contribution in [2.75, 3.05) is 44.2 Å². The van der Waals surface area contributed by atoms with Crippen molar-refractivity contribution in [1.29, 1.82) is 0 Å². The number of hydrogen-bond acceptors (Lipinski definition) is 4. The van der Waals surface area contributed by atoms with Crippen LogP contribution in [0.25, 0.3) is 16.6 Å². The fourth-order valence-corrected chi connectivity index (χ4v) is 4.39. The Hall–Kier alpha value is -2.80. The summed E-state index contributed by atoms with van der Waals surface area (Å²) >= 11 is 0. The third-order valence-electron chi connectivity index (χ3n) is 5.93. The summed E-state index contributed by atoms with van der Waals surface area (Å²) in [4.78, 5) is 21.8. The van der Waals surface area contributed by atoms with Crippen molar-refractivity contribution >= 4 is 28.4 Å². The number of nitrogens with zero attached hydrogens (tertiary/aromatic N) is 4. The second-order valence-corrected chi connectivity index (χ2v) is 7.84. The lowest BCUT2D eigenvalue weighted by Crippen LogP contribution is -2.44. The standard InChI is InChI=1S/C22H27N5O2/c28-22(23-16-17-6-4-15-29-17)26-11-5-10-25(13-14-26)21-20-9-3-12-27(20)19-8-2-1-7-18(19)24-21/h1-3,7-9,12,17H,4-6,10-11,13-16H2,(H,23,28). The number of benzene rings is 1. The van der Waals surface area contributed by atoms with Crippen LogP contribution in [0.15, 0.2) is 42.6 Å². The molecule has 0 saturated carbocycles. The molecule has 152 valence electrons. The van der Waals surface area contributed by atoms with Crippen LogP contribution in [0.5, 0.6) is 0 Å². The first-order chi connectivity index (χ1) is 14.3. The first-order valence-corrected chi connectivity index (χ1v) is 10.5. The molecular weight excluding hydrogens is 366 g/mol. The van der Waals surface area contributed by atoms with Crippen molar-refractivity contribution in [1.82, 2.24) is 19.6 Å². The van der Waals surface area contributed by atoms with Gasteiger partial charge in [0, 0.05) is 45.5 Å². The number of carbonyl (C=O) groups is 1.